The molecule has 1 saturated carbocycles. The summed E-state index contributed by atoms with van der Waals surface area (Å²) in [4.78, 5) is 2.42. The van der Waals surface area contributed by atoms with Crippen LogP contribution in [0.2, 0.25) is 5.02 Å². The molecule has 2 nitrogen and oxygen atoms in total. The standard InChI is InChI=1S/C16H25ClN2/c1-12(15-5-3-4-6-16(15)17)19(2)11-13-7-9-14(18)10-8-13/h3-6,12-14H,7-11,18H2,1-2H3. The van der Waals surface area contributed by atoms with Crippen molar-refractivity contribution >= 4 is 11.6 Å². The molecule has 0 spiro atoms. The number of nitrogens with two attached hydrogens (primary N) is 1. The van der Waals surface area contributed by atoms with Gasteiger partial charge in [-0.15, -0.1) is 0 Å². The van der Waals surface area contributed by atoms with Gasteiger partial charge in [-0.25, -0.2) is 0 Å². The van der Waals surface area contributed by atoms with E-state index >= 15 is 0 Å². The molecule has 19 heavy (non-hydrogen) atoms. The monoisotopic (exact) mass is 280 g/mol. The summed E-state index contributed by atoms with van der Waals surface area (Å²) < 4.78 is 0. The van der Waals surface area contributed by atoms with Crippen LogP contribution in [0, 0.1) is 5.92 Å². The average molecular weight is 281 g/mol. The summed E-state index contributed by atoms with van der Waals surface area (Å²) in [5, 5.41) is 0.868. The first-order chi connectivity index (χ1) is 9.08. The number of hydrogen-bond acceptors (Lipinski definition) is 2. The number of nitrogens with zero attached hydrogens (tertiary/aromatic N) is 1. The highest BCUT2D eigenvalue weighted by Gasteiger charge is 2.22. The van der Waals surface area contributed by atoms with Gasteiger partial charge in [0, 0.05) is 23.7 Å². The predicted molar refractivity (Wildman–Crippen MR) is 82.4 cm³/mol. The quantitative estimate of drug-likeness (QED) is 0.908. The molecular formula is C16H25ClN2. The molecule has 2 N–H and O–H groups in total. The maximum atomic E-state index is 6.28. The van der Waals surface area contributed by atoms with Crippen molar-refractivity contribution in [1.82, 2.24) is 4.90 Å². The van der Waals surface area contributed by atoms with E-state index in [1.807, 2.05) is 12.1 Å². The summed E-state index contributed by atoms with van der Waals surface area (Å²) >= 11 is 6.28. The second-order valence-corrected chi connectivity index (χ2v) is 6.33. The fourth-order valence-corrected chi connectivity index (χ4v) is 3.28. The van der Waals surface area contributed by atoms with Gasteiger partial charge in [-0.05, 0) is 57.2 Å². The second kappa shape index (κ2) is 6.74. The minimum atomic E-state index is 0.365. The Morgan fingerprint density at radius 3 is 2.53 bits per heavy atom. The van der Waals surface area contributed by atoms with Crippen molar-refractivity contribution in [2.45, 2.75) is 44.7 Å². The number of rotatable bonds is 4. The van der Waals surface area contributed by atoms with Gasteiger partial charge >= 0.3 is 0 Å². The molecule has 1 fully saturated rings. The van der Waals surface area contributed by atoms with Crippen LogP contribution in [0.4, 0.5) is 0 Å². The van der Waals surface area contributed by atoms with Crippen LogP contribution >= 0.6 is 11.6 Å². The Bertz CT molecular complexity index is 399. The van der Waals surface area contributed by atoms with Crippen LogP contribution in [-0.4, -0.2) is 24.5 Å². The predicted octanol–water partition coefficient (Wildman–Crippen LogP) is 3.85. The summed E-state index contributed by atoms with van der Waals surface area (Å²) in [7, 11) is 2.20. The van der Waals surface area contributed by atoms with Crippen LogP contribution in [0.3, 0.4) is 0 Å². The zero-order chi connectivity index (χ0) is 13.8. The second-order valence-electron chi connectivity index (χ2n) is 5.92. The highest BCUT2D eigenvalue weighted by molar-refractivity contribution is 6.31. The first-order valence-electron chi connectivity index (χ1n) is 7.28. The maximum Gasteiger partial charge on any atom is 0.0453 e. The Morgan fingerprint density at radius 2 is 1.89 bits per heavy atom. The Balaban J connectivity index is 1.92. The Labute approximate surface area is 121 Å². The van der Waals surface area contributed by atoms with Gasteiger partial charge in [0.1, 0.15) is 0 Å². The molecule has 0 aliphatic heterocycles. The molecule has 106 valence electrons. The zero-order valence-corrected chi connectivity index (χ0v) is 12.7. The molecule has 0 aromatic heterocycles. The van der Waals surface area contributed by atoms with Crippen LogP contribution in [0.15, 0.2) is 24.3 Å². The van der Waals surface area contributed by atoms with Gasteiger partial charge in [-0.1, -0.05) is 29.8 Å². The minimum Gasteiger partial charge on any atom is -0.328 e. The normalized spacial score (nSPS) is 25.5. The summed E-state index contributed by atoms with van der Waals surface area (Å²) in [6.07, 6.45) is 4.89. The lowest BCUT2D eigenvalue weighted by Gasteiger charge is -2.33. The first-order valence-corrected chi connectivity index (χ1v) is 7.66. The average Bonchev–Trinajstić information content (AvgIpc) is 2.41. The van der Waals surface area contributed by atoms with Gasteiger partial charge in [0.05, 0.1) is 0 Å². The van der Waals surface area contributed by atoms with Crippen LogP contribution in [0.5, 0.6) is 0 Å². The van der Waals surface area contributed by atoms with E-state index in [0.717, 1.165) is 17.5 Å². The lowest BCUT2D eigenvalue weighted by atomic mass is 9.86. The van der Waals surface area contributed by atoms with Gasteiger partial charge in [0.15, 0.2) is 0 Å². The molecular weight excluding hydrogens is 256 g/mol. The van der Waals surface area contributed by atoms with Crippen molar-refractivity contribution in [3.05, 3.63) is 34.9 Å². The van der Waals surface area contributed by atoms with Crippen molar-refractivity contribution in [2.75, 3.05) is 13.6 Å². The number of hydrogen-bond donors (Lipinski definition) is 1. The molecule has 0 bridgehead atoms. The van der Waals surface area contributed by atoms with Crippen molar-refractivity contribution < 1.29 is 0 Å². The van der Waals surface area contributed by atoms with Gasteiger partial charge < -0.3 is 5.73 Å². The van der Waals surface area contributed by atoms with Gasteiger partial charge in [0.25, 0.3) is 0 Å². The third kappa shape index (κ3) is 3.95. The van der Waals surface area contributed by atoms with Gasteiger partial charge in [0.2, 0.25) is 0 Å². The summed E-state index contributed by atoms with van der Waals surface area (Å²) in [6, 6.07) is 8.94. The van der Waals surface area contributed by atoms with Gasteiger partial charge in [-0.3, -0.25) is 4.90 Å². The highest BCUT2D eigenvalue weighted by atomic mass is 35.5. The number of benzene rings is 1. The molecule has 1 atom stereocenters. The van der Waals surface area contributed by atoms with Crippen LogP contribution in [-0.2, 0) is 0 Å². The molecule has 1 unspecified atom stereocenters. The van der Waals surface area contributed by atoms with Crippen molar-refractivity contribution in [1.29, 1.82) is 0 Å². The maximum absolute atomic E-state index is 6.28. The van der Waals surface area contributed by atoms with E-state index in [1.165, 1.54) is 31.2 Å². The summed E-state index contributed by atoms with van der Waals surface area (Å²) in [6.45, 7) is 3.37. The van der Waals surface area contributed by atoms with E-state index in [2.05, 4.69) is 31.0 Å². The molecule has 1 aromatic rings. The van der Waals surface area contributed by atoms with Crippen LogP contribution in [0.1, 0.15) is 44.2 Å². The zero-order valence-electron chi connectivity index (χ0n) is 12.0. The molecule has 1 aliphatic carbocycles. The van der Waals surface area contributed by atoms with Crippen LogP contribution in [0.25, 0.3) is 0 Å². The molecule has 1 aromatic carbocycles. The fraction of sp³-hybridized carbons (Fsp3) is 0.625. The lowest BCUT2D eigenvalue weighted by Crippen LogP contribution is -2.33. The molecule has 0 radical (unpaired) electrons. The van der Waals surface area contributed by atoms with E-state index in [0.29, 0.717) is 12.1 Å². The third-order valence-electron chi connectivity index (χ3n) is 4.45. The Kier molecular flexibility index (Phi) is 5.26. The van der Waals surface area contributed by atoms with E-state index in [-0.39, 0.29) is 0 Å². The summed E-state index contributed by atoms with van der Waals surface area (Å²) in [5.41, 5.74) is 7.19. The van der Waals surface area contributed by atoms with Crippen molar-refractivity contribution in [3.8, 4) is 0 Å². The Hall–Kier alpha value is -0.570. The largest absolute Gasteiger partial charge is 0.328 e. The molecule has 2 rings (SSSR count). The smallest absolute Gasteiger partial charge is 0.0453 e. The SMILES string of the molecule is CC(c1ccccc1Cl)N(C)CC1CCC(N)CC1. The highest BCUT2D eigenvalue weighted by Crippen LogP contribution is 2.29. The van der Waals surface area contributed by atoms with E-state index in [4.69, 9.17) is 17.3 Å². The lowest BCUT2D eigenvalue weighted by molar-refractivity contribution is 0.186. The van der Waals surface area contributed by atoms with Crippen LogP contribution < -0.4 is 5.73 Å². The third-order valence-corrected chi connectivity index (χ3v) is 4.80. The molecule has 0 amide bonds. The van der Waals surface area contributed by atoms with Gasteiger partial charge in [-0.2, -0.15) is 0 Å². The number of halogens is 1. The summed E-state index contributed by atoms with van der Waals surface area (Å²) in [5.74, 6) is 0.787. The fourth-order valence-electron chi connectivity index (χ4n) is 2.99. The molecule has 3 heteroatoms. The molecule has 0 heterocycles. The van der Waals surface area contributed by atoms with Crippen molar-refractivity contribution in [2.24, 2.45) is 11.7 Å². The minimum absolute atomic E-state index is 0.365. The molecule has 1 aliphatic rings. The Morgan fingerprint density at radius 1 is 1.26 bits per heavy atom. The van der Waals surface area contributed by atoms with E-state index < -0.39 is 0 Å². The van der Waals surface area contributed by atoms with E-state index in [1.54, 1.807) is 0 Å². The topological polar surface area (TPSA) is 29.3 Å². The first kappa shape index (κ1) is 14.8. The van der Waals surface area contributed by atoms with E-state index in [9.17, 15) is 0 Å². The van der Waals surface area contributed by atoms with Crippen molar-refractivity contribution in [3.63, 3.8) is 0 Å². The molecule has 0 saturated heterocycles.